The van der Waals surface area contributed by atoms with E-state index >= 15 is 0 Å². The van der Waals surface area contributed by atoms with Gasteiger partial charge in [0.25, 0.3) is 5.69 Å². The molecule has 4 rings (SSSR count). The molecule has 0 aromatic heterocycles. The molecule has 0 spiro atoms. The number of hydrogen-bond acceptors (Lipinski definition) is 12. The third kappa shape index (κ3) is 10.7. The Morgan fingerprint density at radius 2 is 1.63 bits per heavy atom. The van der Waals surface area contributed by atoms with Gasteiger partial charge in [0.2, 0.25) is 0 Å². The van der Waals surface area contributed by atoms with Gasteiger partial charge in [0.1, 0.15) is 28.7 Å². The number of aryl methyl sites for hydroxylation is 1. The number of phenols is 4. The van der Waals surface area contributed by atoms with Crippen LogP contribution in [0.3, 0.4) is 0 Å². The largest absolute Gasteiger partial charge is 0.508 e. The molecule has 1 aliphatic carbocycles. The molecule has 1 fully saturated rings. The molecule has 46 heavy (non-hydrogen) atoms. The topological polar surface area (TPSA) is 201 Å². The first-order chi connectivity index (χ1) is 21.5. The third-order valence-electron chi connectivity index (χ3n) is 6.58. The van der Waals surface area contributed by atoms with Crippen molar-refractivity contribution in [2.45, 2.75) is 58.8 Å². The van der Waals surface area contributed by atoms with Crippen molar-refractivity contribution in [3.05, 3.63) is 70.1 Å². The van der Waals surface area contributed by atoms with Crippen molar-refractivity contribution in [1.29, 1.82) is 0 Å². The van der Waals surface area contributed by atoms with Crippen LogP contribution in [0, 0.1) is 16.0 Å². The second-order valence-electron chi connectivity index (χ2n) is 10.1. The maximum absolute atomic E-state index is 11.8. The summed E-state index contributed by atoms with van der Waals surface area (Å²) in [4.78, 5) is 33.5. The van der Waals surface area contributed by atoms with E-state index in [-0.39, 0.29) is 81.2 Å². The Balaban J connectivity index is 0.000000337. The van der Waals surface area contributed by atoms with Gasteiger partial charge in [0.15, 0.2) is 17.2 Å². The van der Waals surface area contributed by atoms with Crippen LogP contribution in [0.15, 0.2) is 58.8 Å². The zero-order valence-corrected chi connectivity index (χ0v) is 26.7. The Kier molecular flexibility index (Phi) is 14.8. The molecule has 4 N–H and O–H groups in total. The van der Waals surface area contributed by atoms with E-state index < -0.39 is 4.92 Å². The average molecular weight is 675 g/mol. The van der Waals surface area contributed by atoms with E-state index in [0.717, 1.165) is 37.5 Å². The van der Waals surface area contributed by atoms with Gasteiger partial charge < -0.3 is 39.5 Å². The molecule has 0 bridgehead atoms. The molecule has 0 heterocycles. The molecule has 0 amide bonds. The number of ketones is 2. The summed E-state index contributed by atoms with van der Waals surface area (Å²) >= 11 is 0. The summed E-state index contributed by atoms with van der Waals surface area (Å²) in [5, 5.41) is 57.6. The number of aromatic hydroxyl groups is 4. The van der Waals surface area contributed by atoms with E-state index in [4.69, 9.17) is 9.47 Å². The molecule has 3 aromatic rings. The minimum atomic E-state index is -0.606. The normalized spacial score (nSPS) is 12.3. The molecule has 3 aromatic carbocycles. The van der Waals surface area contributed by atoms with Crippen molar-refractivity contribution in [3.8, 4) is 34.5 Å². The van der Waals surface area contributed by atoms with Crippen LogP contribution in [0.4, 0.5) is 17.1 Å². The van der Waals surface area contributed by atoms with E-state index in [0.29, 0.717) is 49.7 Å². The summed E-state index contributed by atoms with van der Waals surface area (Å²) in [6, 6.07) is 10.6. The predicted octanol–water partition coefficient (Wildman–Crippen LogP) is 6.92. The number of ether oxygens (including phenoxy) is 2. The number of hydrogen-bond donors (Lipinski definition) is 4. The number of nitro groups is 1. The molecule has 0 atom stereocenters. The summed E-state index contributed by atoms with van der Waals surface area (Å²) in [5.41, 5.74) is 0.223. The Hall–Kier alpha value is -4.80. The summed E-state index contributed by atoms with van der Waals surface area (Å²) in [5.74, 6) is 0.540. The predicted molar refractivity (Wildman–Crippen MR) is 164 cm³/mol. The monoisotopic (exact) mass is 674 g/mol. The fraction of sp³-hybridized carbons (Fsp3) is 0.344. The molecule has 14 heteroatoms. The minimum Gasteiger partial charge on any atom is -0.508 e. The van der Waals surface area contributed by atoms with Gasteiger partial charge in [-0.25, -0.2) is 5.92 Å². The number of phenolic OH excluding ortho intramolecular Hbond substituents is 4. The van der Waals surface area contributed by atoms with Crippen LogP contribution in [0.1, 0.15) is 57.9 Å². The molecule has 0 aliphatic heterocycles. The van der Waals surface area contributed by atoms with Crippen LogP contribution in [0.2, 0.25) is 0 Å². The van der Waals surface area contributed by atoms with E-state index in [9.17, 15) is 40.1 Å². The molecule has 1 saturated carbocycles. The Bertz CT molecular complexity index is 1550. The Morgan fingerprint density at radius 3 is 2.28 bits per heavy atom. The van der Waals surface area contributed by atoms with Gasteiger partial charge >= 0.3 is 0 Å². The van der Waals surface area contributed by atoms with E-state index in [2.05, 4.69) is 10.2 Å². The average Bonchev–Trinajstić information content (AvgIpc) is 3.45. The van der Waals surface area contributed by atoms with Crippen molar-refractivity contribution in [1.82, 2.24) is 0 Å². The SMILES string of the molecule is CCCOc1cc(O)c(N=Nc2cc([N+](=O)[O-])ccc2O)c(OCCC)c1.O=C1CCC[C-]1C(=O)CCc1cc(O)ccc1O.[Cr]. The first kappa shape index (κ1) is 37.4. The molecule has 1 aliphatic rings. The van der Waals surface area contributed by atoms with Crippen molar-refractivity contribution in [2.75, 3.05) is 13.2 Å². The number of azo groups is 1. The minimum absolute atomic E-state index is 0. The van der Waals surface area contributed by atoms with Gasteiger partial charge in [-0.15, -0.1) is 10.2 Å². The zero-order valence-electron chi connectivity index (χ0n) is 25.5. The number of benzene rings is 3. The van der Waals surface area contributed by atoms with E-state index in [1.165, 1.54) is 24.3 Å². The maximum atomic E-state index is 11.8. The molecule has 0 unspecified atom stereocenters. The van der Waals surface area contributed by atoms with Gasteiger partial charge in [-0.2, -0.15) is 6.42 Å². The number of Topliss-reactive ketones (excluding diaryl/α,β-unsaturated/α-hetero) is 2. The summed E-state index contributed by atoms with van der Waals surface area (Å²) < 4.78 is 11.1. The van der Waals surface area contributed by atoms with Gasteiger partial charge in [0.05, 0.1) is 18.1 Å². The number of carbonyl (C=O) groups excluding carboxylic acids is 2. The van der Waals surface area contributed by atoms with Gasteiger partial charge in [-0.3, -0.25) is 10.1 Å². The number of nitro benzene ring substituents is 1. The summed E-state index contributed by atoms with van der Waals surface area (Å²) in [6.45, 7) is 4.76. The Morgan fingerprint density at radius 1 is 0.935 bits per heavy atom. The van der Waals surface area contributed by atoms with Gasteiger partial charge in [0, 0.05) is 53.2 Å². The summed E-state index contributed by atoms with van der Waals surface area (Å²) in [6.07, 6.45) is 3.87. The fourth-order valence-corrected chi connectivity index (χ4v) is 4.29. The summed E-state index contributed by atoms with van der Waals surface area (Å²) in [7, 11) is 0. The van der Waals surface area contributed by atoms with Crippen LogP contribution >= 0.6 is 0 Å². The fourth-order valence-electron chi connectivity index (χ4n) is 4.29. The van der Waals surface area contributed by atoms with Gasteiger partial charge in [-0.1, -0.05) is 20.3 Å². The van der Waals surface area contributed by atoms with Crippen molar-refractivity contribution < 1.29 is 61.8 Å². The molecule has 246 valence electrons. The molecular formula is C32H36CrN3O10-. The first-order valence-corrected chi connectivity index (χ1v) is 14.5. The van der Waals surface area contributed by atoms with Crippen LogP contribution in [-0.4, -0.2) is 50.1 Å². The van der Waals surface area contributed by atoms with Crippen molar-refractivity contribution in [3.63, 3.8) is 0 Å². The standard InChI is InChI=1S/C18H21N3O6.C14H15O4.Cr/c1-3-7-26-13-10-16(23)18(17(11-13)27-8-4-2)20-19-14-9-12(21(24)25)5-6-15(14)22;15-10-5-7-12(16)9(8-10)4-6-14(18)11-2-1-3-13(11)17;/h5-6,9-11,22-23H,3-4,7-8H2,1-2H3;5,7-8,15-16H,1-4,6H2;/q;-1;. The molecule has 0 saturated heterocycles. The number of nitrogens with zero attached hydrogens (tertiary/aromatic N) is 3. The third-order valence-corrected chi connectivity index (χ3v) is 6.58. The van der Waals surface area contributed by atoms with Crippen LogP contribution < -0.4 is 9.47 Å². The first-order valence-electron chi connectivity index (χ1n) is 14.5. The quantitative estimate of drug-likeness (QED) is 0.0484. The number of carbonyl (C=O) groups is 2. The van der Waals surface area contributed by atoms with E-state index in [1.54, 1.807) is 6.07 Å². The molecule has 0 radical (unpaired) electrons. The number of non-ortho nitro benzene ring substituents is 1. The van der Waals surface area contributed by atoms with Gasteiger partial charge in [-0.05, 0) is 61.9 Å². The van der Waals surface area contributed by atoms with Crippen LogP contribution in [-0.2, 0) is 33.4 Å². The van der Waals surface area contributed by atoms with E-state index in [1.807, 2.05) is 13.8 Å². The Labute approximate surface area is 276 Å². The zero-order chi connectivity index (χ0) is 32.9. The smallest absolute Gasteiger partial charge is 0.271 e. The second kappa shape index (κ2) is 18.2. The van der Waals surface area contributed by atoms with Crippen molar-refractivity contribution in [2.24, 2.45) is 10.2 Å². The van der Waals surface area contributed by atoms with Crippen LogP contribution in [0.5, 0.6) is 34.5 Å². The molecular weight excluding hydrogens is 638 g/mol. The second-order valence-corrected chi connectivity index (χ2v) is 10.1. The van der Waals surface area contributed by atoms with Crippen molar-refractivity contribution >= 4 is 28.6 Å². The molecule has 13 nitrogen and oxygen atoms in total. The van der Waals surface area contributed by atoms with Crippen LogP contribution in [0.25, 0.3) is 0 Å². The maximum Gasteiger partial charge on any atom is 0.271 e. The number of rotatable bonds is 13.